The minimum atomic E-state index is -4.10. The molecule has 4 aromatic carbocycles. The minimum absolute atomic E-state index is 0.0699. The van der Waals surface area contributed by atoms with Gasteiger partial charge in [0.25, 0.3) is 0 Å². The van der Waals surface area contributed by atoms with Crippen molar-refractivity contribution < 1.29 is 17.3 Å². The zero-order valence-corrected chi connectivity index (χ0v) is 22.9. The second kappa shape index (κ2) is 10.4. The summed E-state index contributed by atoms with van der Waals surface area (Å²) in [5, 5.41) is 5.29. The number of aromatic nitrogens is 2. The second-order valence-electron chi connectivity index (χ2n) is 9.49. The Morgan fingerprint density at radius 2 is 1.60 bits per heavy atom. The number of nitrogens with zero attached hydrogens (tertiary/aromatic N) is 2. The standard InChI is InChI=1S/C32H27N3O4S/c1-22-16-17-35-30(18-22)34-31(32(35)33-21-23-8-4-3-5-9-23)26-13-15-28(29(20-26)38-2)39-40(36,37)27-14-12-24-10-6-7-11-25(24)19-27/h3-20,33H,21H2,1-2H3. The summed E-state index contributed by atoms with van der Waals surface area (Å²) in [7, 11) is -2.62. The van der Waals surface area contributed by atoms with Crippen LogP contribution in [0.15, 0.2) is 114 Å². The van der Waals surface area contributed by atoms with Gasteiger partial charge in [-0.1, -0.05) is 60.7 Å². The summed E-state index contributed by atoms with van der Waals surface area (Å²) in [5.74, 6) is 1.19. The van der Waals surface area contributed by atoms with Crippen molar-refractivity contribution in [2.45, 2.75) is 18.4 Å². The highest BCUT2D eigenvalue weighted by Gasteiger charge is 2.22. The molecular weight excluding hydrogens is 522 g/mol. The number of ether oxygens (including phenoxy) is 1. The second-order valence-corrected chi connectivity index (χ2v) is 11.0. The molecule has 8 heteroatoms. The highest BCUT2D eigenvalue weighted by Crippen LogP contribution is 2.37. The maximum absolute atomic E-state index is 13.2. The predicted molar refractivity (Wildman–Crippen MR) is 157 cm³/mol. The van der Waals surface area contributed by atoms with E-state index in [9.17, 15) is 8.42 Å². The van der Waals surface area contributed by atoms with Crippen LogP contribution in [-0.2, 0) is 16.7 Å². The maximum atomic E-state index is 13.2. The van der Waals surface area contributed by atoms with Crippen LogP contribution >= 0.6 is 0 Å². The number of nitrogens with one attached hydrogen (secondary N) is 1. The van der Waals surface area contributed by atoms with Crippen LogP contribution in [0.5, 0.6) is 11.5 Å². The van der Waals surface area contributed by atoms with Crippen molar-refractivity contribution >= 4 is 32.4 Å². The number of aryl methyl sites for hydroxylation is 1. The number of hydrogen-bond acceptors (Lipinski definition) is 6. The number of imidazole rings is 1. The molecule has 0 bridgehead atoms. The van der Waals surface area contributed by atoms with Gasteiger partial charge in [-0.3, -0.25) is 4.40 Å². The summed E-state index contributed by atoms with van der Waals surface area (Å²) in [4.78, 5) is 4.97. The number of anilines is 1. The van der Waals surface area contributed by atoms with E-state index in [2.05, 4.69) is 17.4 Å². The summed E-state index contributed by atoms with van der Waals surface area (Å²) in [6, 6.07) is 31.8. The van der Waals surface area contributed by atoms with Gasteiger partial charge in [0, 0.05) is 18.3 Å². The normalized spacial score (nSPS) is 11.6. The van der Waals surface area contributed by atoms with Crippen molar-refractivity contribution in [3.05, 3.63) is 120 Å². The van der Waals surface area contributed by atoms with E-state index in [0.717, 1.165) is 38.9 Å². The van der Waals surface area contributed by atoms with Crippen molar-refractivity contribution in [3.8, 4) is 22.8 Å². The first-order valence-electron chi connectivity index (χ1n) is 12.8. The molecule has 0 saturated heterocycles. The number of methoxy groups -OCH3 is 1. The lowest BCUT2D eigenvalue weighted by atomic mass is 10.1. The van der Waals surface area contributed by atoms with Crippen LogP contribution in [0.25, 0.3) is 27.7 Å². The van der Waals surface area contributed by atoms with E-state index in [1.807, 2.05) is 72.1 Å². The molecule has 2 heterocycles. The predicted octanol–water partition coefficient (Wildman–Crippen LogP) is 6.85. The fourth-order valence-corrected chi connectivity index (χ4v) is 5.65. The molecule has 200 valence electrons. The molecular formula is C32H27N3O4S. The maximum Gasteiger partial charge on any atom is 0.339 e. The third-order valence-electron chi connectivity index (χ3n) is 6.73. The monoisotopic (exact) mass is 549 g/mol. The van der Waals surface area contributed by atoms with Crippen LogP contribution in [0, 0.1) is 6.92 Å². The SMILES string of the molecule is COc1cc(-c2nc3cc(C)ccn3c2NCc2ccccc2)ccc1OS(=O)(=O)c1ccc2ccccc2c1. The molecule has 0 radical (unpaired) electrons. The third kappa shape index (κ3) is 4.97. The molecule has 0 amide bonds. The Labute approximate surface area is 232 Å². The lowest BCUT2D eigenvalue weighted by Gasteiger charge is -2.13. The molecule has 0 aliphatic carbocycles. The minimum Gasteiger partial charge on any atom is -0.493 e. The summed E-state index contributed by atoms with van der Waals surface area (Å²) in [6.45, 7) is 2.63. The summed E-state index contributed by atoms with van der Waals surface area (Å²) in [5.41, 5.74) is 4.49. The molecule has 0 spiro atoms. The largest absolute Gasteiger partial charge is 0.493 e. The Balaban J connectivity index is 1.36. The average Bonchev–Trinajstić information content (AvgIpc) is 3.33. The molecule has 1 N–H and O–H groups in total. The van der Waals surface area contributed by atoms with E-state index in [4.69, 9.17) is 13.9 Å². The fourth-order valence-electron chi connectivity index (χ4n) is 4.67. The van der Waals surface area contributed by atoms with Crippen molar-refractivity contribution in [2.24, 2.45) is 0 Å². The average molecular weight is 550 g/mol. The van der Waals surface area contributed by atoms with E-state index >= 15 is 0 Å². The van der Waals surface area contributed by atoms with Gasteiger partial charge in [0.15, 0.2) is 11.5 Å². The van der Waals surface area contributed by atoms with Crippen LogP contribution in [0.1, 0.15) is 11.1 Å². The molecule has 0 fully saturated rings. The number of pyridine rings is 1. The number of fused-ring (bicyclic) bond motifs is 2. The summed E-state index contributed by atoms with van der Waals surface area (Å²) < 4.78 is 39.5. The van der Waals surface area contributed by atoms with Crippen LogP contribution in [0.2, 0.25) is 0 Å². The number of rotatable bonds is 8. The number of benzene rings is 4. The Kier molecular flexibility index (Phi) is 6.61. The summed E-state index contributed by atoms with van der Waals surface area (Å²) >= 11 is 0. The zero-order valence-electron chi connectivity index (χ0n) is 22.0. The van der Waals surface area contributed by atoms with Gasteiger partial charge in [-0.2, -0.15) is 8.42 Å². The van der Waals surface area contributed by atoms with Gasteiger partial charge < -0.3 is 14.2 Å². The lowest BCUT2D eigenvalue weighted by Crippen LogP contribution is -2.10. The first-order chi connectivity index (χ1) is 19.4. The van der Waals surface area contributed by atoms with Gasteiger partial charge in [0.1, 0.15) is 22.1 Å². The third-order valence-corrected chi connectivity index (χ3v) is 7.96. The van der Waals surface area contributed by atoms with Gasteiger partial charge in [-0.05, 0) is 71.3 Å². The Morgan fingerprint density at radius 3 is 2.40 bits per heavy atom. The van der Waals surface area contributed by atoms with Crippen LogP contribution in [0.4, 0.5) is 5.82 Å². The molecule has 0 aliphatic heterocycles. The van der Waals surface area contributed by atoms with E-state index < -0.39 is 10.1 Å². The van der Waals surface area contributed by atoms with Crippen LogP contribution in [-0.4, -0.2) is 24.9 Å². The van der Waals surface area contributed by atoms with E-state index in [0.29, 0.717) is 12.2 Å². The van der Waals surface area contributed by atoms with Crippen LogP contribution in [0.3, 0.4) is 0 Å². The number of hydrogen-bond donors (Lipinski definition) is 1. The summed E-state index contributed by atoms with van der Waals surface area (Å²) in [6.07, 6.45) is 1.99. The highest BCUT2D eigenvalue weighted by molar-refractivity contribution is 7.87. The first-order valence-corrected chi connectivity index (χ1v) is 14.2. The van der Waals surface area contributed by atoms with Crippen molar-refractivity contribution in [1.82, 2.24) is 9.38 Å². The first kappa shape index (κ1) is 25.5. The topological polar surface area (TPSA) is 81.9 Å². The Bertz CT molecular complexity index is 1950. The van der Waals surface area contributed by atoms with Gasteiger partial charge >= 0.3 is 10.1 Å². The molecule has 7 nitrogen and oxygen atoms in total. The molecule has 0 unspecified atom stereocenters. The molecule has 2 aromatic heterocycles. The van der Waals surface area contributed by atoms with E-state index in [1.165, 1.54) is 7.11 Å². The molecule has 6 aromatic rings. The zero-order chi connectivity index (χ0) is 27.7. The lowest BCUT2D eigenvalue weighted by molar-refractivity contribution is 0.391. The van der Waals surface area contributed by atoms with E-state index in [1.54, 1.807) is 36.4 Å². The quantitative estimate of drug-likeness (QED) is 0.209. The van der Waals surface area contributed by atoms with Gasteiger partial charge in [0.2, 0.25) is 0 Å². The molecule has 40 heavy (non-hydrogen) atoms. The highest BCUT2D eigenvalue weighted by atomic mass is 32.2. The van der Waals surface area contributed by atoms with E-state index in [-0.39, 0.29) is 16.4 Å². The van der Waals surface area contributed by atoms with Gasteiger partial charge in [-0.15, -0.1) is 0 Å². The van der Waals surface area contributed by atoms with Crippen LogP contribution < -0.4 is 14.2 Å². The Morgan fingerprint density at radius 1 is 0.825 bits per heavy atom. The molecule has 0 aliphatic rings. The smallest absolute Gasteiger partial charge is 0.339 e. The molecule has 0 saturated carbocycles. The van der Waals surface area contributed by atoms with Gasteiger partial charge in [0.05, 0.1) is 7.11 Å². The molecule has 6 rings (SSSR count). The van der Waals surface area contributed by atoms with Crippen molar-refractivity contribution in [2.75, 3.05) is 12.4 Å². The Hall–Kier alpha value is -4.82. The molecule has 0 atom stereocenters. The fraction of sp³-hybridized carbons (Fsp3) is 0.0938. The van der Waals surface area contributed by atoms with Gasteiger partial charge in [-0.25, -0.2) is 4.98 Å². The van der Waals surface area contributed by atoms with Crippen molar-refractivity contribution in [3.63, 3.8) is 0 Å². The van der Waals surface area contributed by atoms with Crippen molar-refractivity contribution in [1.29, 1.82) is 0 Å².